The van der Waals surface area contributed by atoms with E-state index >= 15 is 0 Å². The normalized spacial score (nSPS) is 33.0. The van der Waals surface area contributed by atoms with Gasteiger partial charge < -0.3 is 15.8 Å². The minimum atomic E-state index is -0.744. The highest BCUT2D eigenvalue weighted by atomic mass is 16.4. The van der Waals surface area contributed by atoms with Crippen molar-refractivity contribution < 1.29 is 10.0 Å². The second kappa shape index (κ2) is 5.26. The van der Waals surface area contributed by atoms with Crippen molar-refractivity contribution in [3.05, 3.63) is 0 Å². The maximum atomic E-state index is 12.9. The first-order chi connectivity index (χ1) is 9.43. The molecule has 1 saturated heterocycles. The van der Waals surface area contributed by atoms with Crippen LogP contribution in [0.2, 0.25) is 0 Å². The Hall–Kier alpha value is -1.26. The van der Waals surface area contributed by atoms with Crippen LogP contribution < -0.4 is 5.73 Å². The van der Waals surface area contributed by atoms with E-state index < -0.39 is 5.41 Å². The van der Waals surface area contributed by atoms with Crippen molar-refractivity contribution in [2.24, 2.45) is 27.6 Å². The van der Waals surface area contributed by atoms with E-state index in [4.69, 9.17) is 10.9 Å². The quantitative estimate of drug-likeness (QED) is 0.359. The van der Waals surface area contributed by atoms with Gasteiger partial charge in [0.25, 0.3) is 0 Å². The molecule has 3 N–H and O–H groups in total. The zero-order valence-electron chi connectivity index (χ0n) is 12.9. The smallest absolute Gasteiger partial charge is 0.236 e. The number of nitrogens with two attached hydrogens (primary N) is 1. The Bertz CT molecular complexity index is 409. The van der Waals surface area contributed by atoms with Gasteiger partial charge in [-0.3, -0.25) is 4.79 Å². The fourth-order valence-electron chi connectivity index (χ4n) is 3.96. The van der Waals surface area contributed by atoms with Gasteiger partial charge in [-0.2, -0.15) is 0 Å². The number of nitrogens with zero attached hydrogens (tertiary/aromatic N) is 2. The van der Waals surface area contributed by atoms with Crippen LogP contribution >= 0.6 is 0 Å². The predicted molar refractivity (Wildman–Crippen MR) is 78.5 cm³/mol. The Morgan fingerprint density at radius 1 is 1.40 bits per heavy atom. The molecule has 5 heteroatoms. The third-order valence-electron chi connectivity index (χ3n) is 5.63. The summed E-state index contributed by atoms with van der Waals surface area (Å²) in [6, 6.07) is 0. The topological polar surface area (TPSA) is 78.9 Å². The van der Waals surface area contributed by atoms with Crippen LogP contribution in [0, 0.1) is 16.7 Å². The molecule has 2 aliphatic rings. The average molecular weight is 281 g/mol. The molecule has 2 rings (SSSR count). The molecule has 0 bridgehead atoms. The summed E-state index contributed by atoms with van der Waals surface area (Å²) in [5.74, 6) is 0.615. The summed E-state index contributed by atoms with van der Waals surface area (Å²) >= 11 is 0. The van der Waals surface area contributed by atoms with Gasteiger partial charge in [-0.1, -0.05) is 25.9 Å². The summed E-state index contributed by atoms with van der Waals surface area (Å²) in [7, 11) is 0. The third-order valence-corrected chi connectivity index (χ3v) is 5.63. The molecule has 0 unspecified atom stereocenters. The lowest BCUT2D eigenvalue weighted by atomic mass is 9.61. The maximum absolute atomic E-state index is 12.9. The van der Waals surface area contributed by atoms with Gasteiger partial charge in [0.2, 0.25) is 5.91 Å². The van der Waals surface area contributed by atoms with Crippen molar-refractivity contribution in [2.75, 3.05) is 13.1 Å². The Kier molecular flexibility index (Phi) is 3.98. The first kappa shape index (κ1) is 15.1. The van der Waals surface area contributed by atoms with E-state index in [1.807, 2.05) is 4.90 Å². The molecule has 1 heterocycles. The maximum Gasteiger partial charge on any atom is 0.236 e. The second-order valence-electron chi connectivity index (χ2n) is 6.76. The summed E-state index contributed by atoms with van der Waals surface area (Å²) < 4.78 is 0. The average Bonchev–Trinajstić information content (AvgIpc) is 2.87. The molecular formula is C15H27N3O2. The highest BCUT2D eigenvalue weighted by Crippen LogP contribution is 2.48. The standard InChI is InChI=1S/C15H27N3O2/c1-4-14(5-2)6-7-18(10-14)13(19)15(12(16)17-20)8-11(3)9-15/h11,20H,4-10H2,1-3H3,(H2,16,17). The molecule has 5 nitrogen and oxygen atoms in total. The van der Waals surface area contributed by atoms with E-state index in [1.165, 1.54) is 0 Å². The van der Waals surface area contributed by atoms with Crippen molar-refractivity contribution in [2.45, 2.75) is 52.9 Å². The van der Waals surface area contributed by atoms with Gasteiger partial charge in [0.1, 0.15) is 5.41 Å². The molecule has 0 aromatic heterocycles. The van der Waals surface area contributed by atoms with E-state index in [9.17, 15) is 4.79 Å². The molecule has 2 fully saturated rings. The fourth-order valence-corrected chi connectivity index (χ4v) is 3.96. The van der Waals surface area contributed by atoms with Gasteiger partial charge >= 0.3 is 0 Å². The molecule has 0 atom stereocenters. The number of amides is 1. The minimum Gasteiger partial charge on any atom is -0.409 e. The van der Waals surface area contributed by atoms with Crippen LogP contribution in [-0.2, 0) is 4.79 Å². The minimum absolute atomic E-state index is 0.0645. The first-order valence-corrected chi connectivity index (χ1v) is 7.70. The lowest BCUT2D eigenvalue weighted by Gasteiger charge is -2.45. The Morgan fingerprint density at radius 3 is 2.40 bits per heavy atom. The second-order valence-corrected chi connectivity index (χ2v) is 6.76. The SMILES string of the molecule is CCC1(CC)CCN(C(=O)C2(C(N)=NO)CC(C)C2)C1. The summed E-state index contributed by atoms with van der Waals surface area (Å²) in [6.07, 6.45) is 4.65. The van der Waals surface area contributed by atoms with Gasteiger partial charge in [0.15, 0.2) is 5.84 Å². The highest BCUT2D eigenvalue weighted by molar-refractivity contribution is 6.07. The molecule has 0 spiro atoms. The number of carbonyl (C=O) groups excluding carboxylic acids is 1. The van der Waals surface area contributed by atoms with E-state index in [1.54, 1.807) is 0 Å². The number of hydrogen-bond donors (Lipinski definition) is 2. The van der Waals surface area contributed by atoms with Crippen molar-refractivity contribution in [3.63, 3.8) is 0 Å². The summed E-state index contributed by atoms with van der Waals surface area (Å²) in [6.45, 7) is 8.11. The van der Waals surface area contributed by atoms with Crippen LogP contribution in [0.4, 0.5) is 0 Å². The first-order valence-electron chi connectivity index (χ1n) is 7.70. The number of oxime groups is 1. The van der Waals surface area contributed by atoms with Crippen LogP contribution in [0.5, 0.6) is 0 Å². The molecule has 20 heavy (non-hydrogen) atoms. The number of rotatable bonds is 4. The van der Waals surface area contributed by atoms with E-state index in [0.717, 1.165) is 32.4 Å². The summed E-state index contributed by atoms with van der Waals surface area (Å²) in [5, 5.41) is 12.1. The van der Waals surface area contributed by atoms with Gasteiger partial charge in [-0.15, -0.1) is 0 Å². The molecule has 0 aromatic rings. The molecule has 1 aliphatic heterocycles. The van der Waals surface area contributed by atoms with Crippen molar-refractivity contribution in [3.8, 4) is 0 Å². The van der Waals surface area contributed by atoms with Crippen LogP contribution in [0.1, 0.15) is 52.9 Å². The number of hydrogen-bond acceptors (Lipinski definition) is 3. The largest absolute Gasteiger partial charge is 0.409 e. The van der Waals surface area contributed by atoms with Crippen molar-refractivity contribution >= 4 is 11.7 Å². The zero-order chi connectivity index (χ0) is 15.0. The van der Waals surface area contributed by atoms with Gasteiger partial charge in [0.05, 0.1) is 0 Å². The zero-order valence-corrected chi connectivity index (χ0v) is 12.9. The number of carbonyl (C=O) groups is 1. The monoisotopic (exact) mass is 281 g/mol. The van der Waals surface area contributed by atoms with Crippen molar-refractivity contribution in [1.82, 2.24) is 4.90 Å². The predicted octanol–water partition coefficient (Wildman–Crippen LogP) is 2.19. The molecule has 0 aromatic carbocycles. The van der Waals surface area contributed by atoms with Crippen LogP contribution in [0.15, 0.2) is 5.16 Å². The van der Waals surface area contributed by atoms with Crippen LogP contribution in [0.3, 0.4) is 0 Å². The summed E-state index contributed by atoms with van der Waals surface area (Å²) in [5.41, 5.74) is 5.35. The molecule has 0 radical (unpaired) electrons. The molecule has 1 saturated carbocycles. The van der Waals surface area contributed by atoms with Crippen molar-refractivity contribution in [1.29, 1.82) is 0 Å². The molecular weight excluding hydrogens is 254 g/mol. The molecule has 1 amide bonds. The number of amidine groups is 1. The fraction of sp³-hybridized carbons (Fsp3) is 0.867. The van der Waals surface area contributed by atoms with Crippen LogP contribution in [0.25, 0.3) is 0 Å². The highest BCUT2D eigenvalue weighted by Gasteiger charge is 2.55. The lowest BCUT2D eigenvalue weighted by molar-refractivity contribution is -0.143. The third kappa shape index (κ3) is 2.17. The van der Waals surface area contributed by atoms with Gasteiger partial charge in [0, 0.05) is 13.1 Å². The Morgan fingerprint density at radius 2 is 2.00 bits per heavy atom. The van der Waals surface area contributed by atoms with Gasteiger partial charge in [-0.05, 0) is 43.4 Å². The number of likely N-dealkylation sites (tertiary alicyclic amines) is 1. The van der Waals surface area contributed by atoms with Crippen LogP contribution in [-0.4, -0.2) is 34.9 Å². The van der Waals surface area contributed by atoms with E-state index in [0.29, 0.717) is 18.8 Å². The Labute approximate surface area is 121 Å². The van der Waals surface area contributed by atoms with E-state index in [-0.39, 0.29) is 17.2 Å². The molecule has 114 valence electrons. The summed E-state index contributed by atoms with van der Waals surface area (Å²) in [4.78, 5) is 14.8. The van der Waals surface area contributed by atoms with E-state index in [2.05, 4.69) is 25.9 Å². The lowest BCUT2D eigenvalue weighted by Crippen LogP contribution is -2.57. The Balaban J connectivity index is 2.15. The van der Waals surface area contributed by atoms with Gasteiger partial charge in [-0.25, -0.2) is 0 Å². The molecule has 1 aliphatic carbocycles.